The molecule has 2 rings (SSSR count). The van der Waals surface area contributed by atoms with Crippen LogP contribution in [0.5, 0.6) is 0 Å². The summed E-state index contributed by atoms with van der Waals surface area (Å²) in [4.78, 5) is 28.1. The van der Waals surface area contributed by atoms with Crippen molar-refractivity contribution in [2.45, 2.75) is 18.3 Å². The maximum absolute atomic E-state index is 12.3. The molecule has 0 bridgehead atoms. The molecule has 0 saturated carbocycles. The lowest BCUT2D eigenvalue weighted by atomic mass is 10.2. The van der Waals surface area contributed by atoms with Gasteiger partial charge in [0.2, 0.25) is 27.8 Å². The second kappa shape index (κ2) is 12.9. The highest BCUT2D eigenvalue weighted by atomic mass is 35.5. The number of carbonyl (C=O) groups excluding carboxylic acids is 2. The van der Waals surface area contributed by atoms with E-state index in [1.54, 1.807) is 29.7 Å². The molecule has 8 N–H and O–H groups in total. The van der Waals surface area contributed by atoms with Gasteiger partial charge in [-0.25, -0.2) is 23.6 Å². The highest BCUT2D eigenvalue weighted by Gasteiger charge is 2.24. The molecule has 0 radical (unpaired) electrons. The molecule has 0 fully saturated rings. The molecule has 0 heterocycles. The van der Waals surface area contributed by atoms with Crippen LogP contribution < -0.4 is 26.6 Å². The molecular formula is C20H25ClN6O6S. The number of halogens is 1. The number of nitrogens with zero attached hydrogens (tertiary/aromatic N) is 1. The van der Waals surface area contributed by atoms with Crippen LogP contribution in [-0.2, 0) is 31.9 Å². The lowest BCUT2D eigenvalue weighted by Gasteiger charge is -2.16. The second-order valence-electron chi connectivity index (χ2n) is 7.01. The molecule has 0 aliphatic heterocycles. The molecular weight excluding hydrogens is 488 g/mol. The zero-order valence-electron chi connectivity index (χ0n) is 17.9. The van der Waals surface area contributed by atoms with Crippen molar-refractivity contribution in [2.75, 3.05) is 13.2 Å². The van der Waals surface area contributed by atoms with Crippen LogP contribution in [0.1, 0.15) is 11.1 Å². The number of aliphatic imine (C=N–C) groups is 1. The van der Waals surface area contributed by atoms with Gasteiger partial charge < -0.3 is 21.5 Å². The molecule has 1 atom stereocenters. The van der Waals surface area contributed by atoms with E-state index in [0.29, 0.717) is 16.3 Å². The van der Waals surface area contributed by atoms with Crippen LogP contribution in [0.4, 0.5) is 5.69 Å². The minimum atomic E-state index is -3.95. The number of guanidine groups is 1. The average molecular weight is 513 g/mol. The molecule has 12 nitrogen and oxygen atoms in total. The SMILES string of the molecule is NC(=Nc1ccc(CNC(=O)CNC(=O)[C@@H](CO)NS(=O)(=O)Cc2ccc(Cl)cc2)cc1)NO. The van der Waals surface area contributed by atoms with Gasteiger partial charge >= 0.3 is 0 Å². The van der Waals surface area contributed by atoms with Crippen LogP contribution in [0, 0.1) is 0 Å². The summed E-state index contributed by atoms with van der Waals surface area (Å²) in [7, 11) is -3.95. The van der Waals surface area contributed by atoms with Gasteiger partial charge in [-0.2, -0.15) is 0 Å². The third-order valence-electron chi connectivity index (χ3n) is 4.30. The number of aliphatic hydroxyl groups excluding tert-OH is 1. The standard InChI is InChI=1S/C20H25ClN6O6S/c21-15-5-1-14(2-6-15)12-34(32,33)27-17(11-28)19(30)24-10-18(29)23-9-13-3-7-16(8-4-13)25-20(22)26-31/h1-8,17,27-28,31H,9-12H2,(H,23,29)(H,24,30)(H3,22,25,26)/t17-/m1/s1. The summed E-state index contributed by atoms with van der Waals surface area (Å²) in [6, 6.07) is 11.3. The van der Waals surface area contributed by atoms with Crippen molar-refractivity contribution >= 4 is 45.1 Å². The van der Waals surface area contributed by atoms with Crippen LogP contribution in [0.3, 0.4) is 0 Å². The molecule has 14 heteroatoms. The quantitative estimate of drug-likeness (QED) is 0.118. The lowest BCUT2D eigenvalue weighted by molar-refractivity contribution is -0.127. The van der Waals surface area contributed by atoms with Crippen LogP contribution in [-0.4, -0.2) is 55.7 Å². The molecule has 184 valence electrons. The molecule has 2 amide bonds. The molecule has 2 aromatic carbocycles. The average Bonchev–Trinajstić information content (AvgIpc) is 2.81. The number of carbonyl (C=O) groups is 2. The van der Waals surface area contributed by atoms with Gasteiger partial charge in [-0.1, -0.05) is 35.9 Å². The first-order valence-electron chi connectivity index (χ1n) is 9.85. The van der Waals surface area contributed by atoms with Crippen LogP contribution in [0.15, 0.2) is 53.5 Å². The van der Waals surface area contributed by atoms with Crippen molar-refractivity contribution in [3.63, 3.8) is 0 Å². The van der Waals surface area contributed by atoms with E-state index in [0.717, 1.165) is 5.56 Å². The van der Waals surface area contributed by atoms with Gasteiger partial charge in [0.15, 0.2) is 0 Å². The number of benzene rings is 2. The molecule has 0 saturated heterocycles. The summed E-state index contributed by atoms with van der Waals surface area (Å²) in [5.74, 6) is -1.97. The topological polar surface area (TPSA) is 195 Å². The fraction of sp³-hybridized carbons (Fsp3) is 0.250. The van der Waals surface area contributed by atoms with E-state index in [4.69, 9.17) is 22.5 Å². The van der Waals surface area contributed by atoms with Gasteiger partial charge in [-0.05, 0) is 35.4 Å². The first-order chi connectivity index (χ1) is 16.1. The number of hydrogen-bond acceptors (Lipinski definition) is 7. The van der Waals surface area contributed by atoms with Gasteiger partial charge in [-0.15, -0.1) is 0 Å². The number of sulfonamides is 1. The van der Waals surface area contributed by atoms with Gasteiger partial charge in [0.1, 0.15) is 6.04 Å². The normalized spacial score (nSPS) is 12.6. The fourth-order valence-electron chi connectivity index (χ4n) is 2.64. The first-order valence-corrected chi connectivity index (χ1v) is 11.9. The lowest BCUT2D eigenvalue weighted by Crippen LogP contribution is -2.50. The highest BCUT2D eigenvalue weighted by Crippen LogP contribution is 2.13. The Morgan fingerprint density at radius 2 is 1.65 bits per heavy atom. The summed E-state index contributed by atoms with van der Waals surface area (Å²) in [6.45, 7) is -1.06. The summed E-state index contributed by atoms with van der Waals surface area (Å²) in [5.41, 5.74) is 8.71. The van der Waals surface area contributed by atoms with Gasteiger partial charge in [0.25, 0.3) is 0 Å². The highest BCUT2D eigenvalue weighted by molar-refractivity contribution is 7.88. The van der Waals surface area contributed by atoms with Crippen LogP contribution in [0.2, 0.25) is 5.02 Å². The van der Waals surface area contributed by atoms with E-state index in [9.17, 15) is 23.1 Å². The Hall–Kier alpha value is -3.23. The van der Waals surface area contributed by atoms with E-state index in [1.807, 2.05) is 0 Å². The smallest absolute Gasteiger partial charge is 0.240 e. The Bertz CT molecular complexity index is 1110. The zero-order valence-corrected chi connectivity index (χ0v) is 19.4. The molecule has 0 aliphatic carbocycles. The van der Waals surface area contributed by atoms with Crippen molar-refractivity contribution in [2.24, 2.45) is 10.7 Å². The second-order valence-corrected chi connectivity index (χ2v) is 9.20. The number of aliphatic hydroxyl groups is 1. The van der Waals surface area contributed by atoms with E-state index in [-0.39, 0.29) is 12.5 Å². The third-order valence-corrected chi connectivity index (χ3v) is 5.91. The number of amides is 2. The molecule has 0 spiro atoms. The largest absolute Gasteiger partial charge is 0.394 e. The van der Waals surface area contributed by atoms with E-state index >= 15 is 0 Å². The predicted molar refractivity (Wildman–Crippen MR) is 126 cm³/mol. The van der Waals surface area contributed by atoms with Crippen molar-refractivity contribution in [3.05, 3.63) is 64.7 Å². The number of rotatable bonds is 11. The van der Waals surface area contributed by atoms with E-state index in [2.05, 4.69) is 20.3 Å². The Morgan fingerprint density at radius 1 is 1.03 bits per heavy atom. The van der Waals surface area contributed by atoms with Gasteiger partial charge in [0, 0.05) is 11.6 Å². The summed E-state index contributed by atoms with van der Waals surface area (Å²) >= 11 is 5.77. The summed E-state index contributed by atoms with van der Waals surface area (Å²) < 4.78 is 26.7. The summed E-state index contributed by atoms with van der Waals surface area (Å²) in [6.07, 6.45) is 0. The predicted octanol–water partition coefficient (Wildman–Crippen LogP) is -0.522. The Morgan fingerprint density at radius 3 is 2.24 bits per heavy atom. The van der Waals surface area contributed by atoms with Gasteiger partial charge in [0.05, 0.1) is 24.6 Å². The number of hydrogen-bond donors (Lipinski definition) is 7. The summed E-state index contributed by atoms with van der Waals surface area (Å²) in [5, 5.41) is 23.4. The van der Waals surface area contributed by atoms with Crippen molar-refractivity contribution in [1.82, 2.24) is 20.8 Å². The Balaban J connectivity index is 1.81. The van der Waals surface area contributed by atoms with Crippen molar-refractivity contribution in [3.8, 4) is 0 Å². The van der Waals surface area contributed by atoms with Crippen LogP contribution >= 0.6 is 11.6 Å². The third kappa shape index (κ3) is 9.33. The molecule has 0 aliphatic rings. The minimum absolute atomic E-state index is 0.156. The first kappa shape index (κ1) is 27.0. The zero-order chi connectivity index (χ0) is 25.1. The molecule has 34 heavy (non-hydrogen) atoms. The Kier molecular flexibility index (Phi) is 10.2. The van der Waals surface area contributed by atoms with Crippen molar-refractivity contribution in [1.29, 1.82) is 0 Å². The minimum Gasteiger partial charge on any atom is -0.394 e. The number of nitrogens with one attached hydrogen (secondary N) is 4. The fourth-order valence-corrected chi connectivity index (χ4v) is 4.09. The van der Waals surface area contributed by atoms with Crippen LogP contribution in [0.25, 0.3) is 0 Å². The number of nitrogens with two attached hydrogens (primary N) is 1. The van der Waals surface area contributed by atoms with Crippen molar-refractivity contribution < 1.29 is 28.3 Å². The van der Waals surface area contributed by atoms with E-state index in [1.165, 1.54) is 24.3 Å². The maximum atomic E-state index is 12.3. The molecule has 0 unspecified atom stereocenters. The maximum Gasteiger partial charge on any atom is 0.240 e. The monoisotopic (exact) mass is 512 g/mol. The molecule has 0 aromatic heterocycles. The Labute approximate surface area is 201 Å². The van der Waals surface area contributed by atoms with E-state index < -0.39 is 46.8 Å². The van der Waals surface area contributed by atoms with Gasteiger partial charge in [-0.3, -0.25) is 14.8 Å². The molecule has 2 aromatic rings. The number of hydroxylamine groups is 1.